The van der Waals surface area contributed by atoms with E-state index in [1.165, 1.54) is 5.56 Å². The standard InChI is InChI=1S/C19H17NO/c1-13-7-8-14(2)15(11-13)12-19(21)17-9-10-20-18-6-4-3-5-16(17)18/h3-11H,12H2,1-2H3. The minimum absolute atomic E-state index is 0.141. The van der Waals surface area contributed by atoms with Gasteiger partial charge in [-0.15, -0.1) is 0 Å². The average Bonchev–Trinajstić information content (AvgIpc) is 2.50. The fraction of sp³-hybridized carbons (Fsp3) is 0.158. The van der Waals surface area contributed by atoms with Gasteiger partial charge in [0, 0.05) is 23.6 Å². The summed E-state index contributed by atoms with van der Waals surface area (Å²) in [4.78, 5) is 17.0. The largest absolute Gasteiger partial charge is 0.294 e. The number of Topliss-reactive ketones (excluding diaryl/α,β-unsaturated/α-hetero) is 1. The van der Waals surface area contributed by atoms with E-state index < -0.39 is 0 Å². The molecule has 0 saturated carbocycles. The van der Waals surface area contributed by atoms with Crippen molar-refractivity contribution in [2.24, 2.45) is 0 Å². The molecule has 0 radical (unpaired) electrons. The molecule has 2 heteroatoms. The predicted octanol–water partition coefficient (Wildman–Crippen LogP) is 4.28. The molecule has 3 rings (SSSR count). The van der Waals surface area contributed by atoms with Gasteiger partial charge in [0.25, 0.3) is 0 Å². The Kier molecular flexibility index (Phi) is 3.53. The Morgan fingerprint density at radius 2 is 1.86 bits per heavy atom. The molecule has 21 heavy (non-hydrogen) atoms. The van der Waals surface area contributed by atoms with Crippen LogP contribution in [0.3, 0.4) is 0 Å². The van der Waals surface area contributed by atoms with Crippen molar-refractivity contribution in [3.05, 3.63) is 77.0 Å². The van der Waals surface area contributed by atoms with Gasteiger partial charge in [-0.1, -0.05) is 42.0 Å². The van der Waals surface area contributed by atoms with Crippen molar-refractivity contribution in [1.82, 2.24) is 4.98 Å². The van der Waals surface area contributed by atoms with E-state index in [1.54, 1.807) is 6.20 Å². The molecule has 0 atom stereocenters. The summed E-state index contributed by atoms with van der Waals surface area (Å²) < 4.78 is 0. The third-order valence-electron chi connectivity index (χ3n) is 3.81. The lowest BCUT2D eigenvalue weighted by atomic mass is 9.96. The summed E-state index contributed by atoms with van der Waals surface area (Å²) in [7, 11) is 0. The van der Waals surface area contributed by atoms with E-state index in [4.69, 9.17) is 0 Å². The Hall–Kier alpha value is -2.48. The van der Waals surface area contributed by atoms with E-state index in [1.807, 2.05) is 37.3 Å². The lowest BCUT2D eigenvalue weighted by Gasteiger charge is -2.08. The highest BCUT2D eigenvalue weighted by Crippen LogP contribution is 2.19. The second kappa shape index (κ2) is 5.49. The first kappa shape index (κ1) is 13.5. The predicted molar refractivity (Wildman–Crippen MR) is 85.7 cm³/mol. The van der Waals surface area contributed by atoms with Gasteiger partial charge >= 0.3 is 0 Å². The molecule has 3 aromatic rings. The van der Waals surface area contributed by atoms with Gasteiger partial charge in [0.2, 0.25) is 0 Å². The van der Waals surface area contributed by atoms with E-state index in [0.717, 1.165) is 27.6 Å². The van der Waals surface area contributed by atoms with E-state index in [0.29, 0.717) is 6.42 Å². The fourth-order valence-electron chi connectivity index (χ4n) is 2.60. The Balaban J connectivity index is 1.99. The normalized spacial score (nSPS) is 10.8. The van der Waals surface area contributed by atoms with Crippen LogP contribution in [0, 0.1) is 13.8 Å². The number of aryl methyl sites for hydroxylation is 2. The van der Waals surface area contributed by atoms with Crippen LogP contribution >= 0.6 is 0 Å². The highest BCUT2D eigenvalue weighted by molar-refractivity contribution is 6.08. The number of nitrogens with zero attached hydrogens (tertiary/aromatic N) is 1. The fourth-order valence-corrected chi connectivity index (χ4v) is 2.60. The summed E-state index contributed by atoms with van der Waals surface area (Å²) in [5, 5.41) is 0.926. The number of pyridine rings is 1. The van der Waals surface area contributed by atoms with Crippen molar-refractivity contribution in [2.45, 2.75) is 20.3 Å². The first-order valence-corrected chi connectivity index (χ1v) is 7.08. The van der Waals surface area contributed by atoms with Crippen molar-refractivity contribution in [3.63, 3.8) is 0 Å². The Bertz CT molecular complexity index is 815. The van der Waals surface area contributed by atoms with Crippen molar-refractivity contribution in [1.29, 1.82) is 0 Å². The van der Waals surface area contributed by atoms with Crippen molar-refractivity contribution in [3.8, 4) is 0 Å². The van der Waals surface area contributed by atoms with Gasteiger partial charge in [-0.25, -0.2) is 0 Å². The third-order valence-corrected chi connectivity index (χ3v) is 3.81. The SMILES string of the molecule is Cc1ccc(C)c(CC(=O)c2ccnc3ccccc23)c1. The molecule has 2 nitrogen and oxygen atoms in total. The topological polar surface area (TPSA) is 30.0 Å². The van der Waals surface area contributed by atoms with Crippen LogP contribution in [-0.2, 0) is 6.42 Å². The Morgan fingerprint density at radius 1 is 1.05 bits per heavy atom. The number of rotatable bonds is 3. The zero-order valence-corrected chi connectivity index (χ0v) is 12.3. The maximum absolute atomic E-state index is 12.7. The zero-order chi connectivity index (χ0) is 14.8. The highest BCUT2D eigenvalue weighted by Gasteiger charge is 2.12. The summed E-state index contributed by atoms with van der Waals surface area (Å²) in [5.74, 6) is 0.141. The number of hydrogen-bond donors (Lipinski definition) is 0. The molecule has 0 fully saturated rings. The lowest BCUT2D eigenvalue weighted by molar-refractivity contribution is 0.0994. The van der Waals surface area contributed by atoms with Gasteiger partial charge in [-0.3, -0.25) is 9.78 Å². The number of fused-ring (bicyclic) bond motifs is 1. The number of aromatic nitrogens is 1. The van der Waals surface area contributed by atoms with Crippen LogP contribution in [0.2, 0.25) is 0 Å². The van der Waals surface area contributed by atoms with E-state index in [9.17, 15) is 4.79 Å². The quantitative estimate of drug-likeness (QED) is 0.668. The molecule has 0 saturated heterocycles. The first-order valence-electron chi connectivity index (χ1n) is 7.08. The van der Waals surface area contributed by atoms with Crippen LogP contribution in [0.15, 0.2) is 54.7 Å². The van der Waals surface area contributed by atoms with Crippen molar-refractivity contribution >= 4 is 16.7 Å². The highest BCUT2D eigenvalue weighted by atomic mass is 16.1. The second-order valence-electron chi connectivity index (χ2n) is 5.41. The molecule has 0 aliphatic carbocycles. The number of hydrogen-bond acceptors (Lipinski definition) is 2. The molecule has 0 N–H and O–H groups in total. The number of para-hydroxylation sites is 1. The maximum atomic E-state index is 12.7. The van der Waals surface area contributed by atoms with Gasteiger partial charge in [0.15, 0.2) is 5.78 Å². The smallest absolute Gasteiger partial charge is 0.167 e. The average molecular weight is 275 g/mol. The van der Waals surface area contributed by atoms with E-state index >= 15 is 0 Å². The molecular weight excluding hydrogens is 258 g/mol. The van der Waals surface area contributed by atoms with Crippen LogP contribution < -0.4 is 0 Å². The summed E-state index contributed by atoms with van der Waals surface area (Å²) in [6.45, 7) is 4.10. The molecule has 0 aliphatic heterocycles. The first-order chi connectivity index (χ1) is 10.1. The summed E-state index contributed by atoms with van der Waals surface area (Å²) >= 11 is 0. The molecule has 1 heterocycles. The molecule has 0 amide bonds. The Labute approximate surface area is 124 Å². The van der Waals surface area contributed by atoms with Crippen LogP contribution in [0.25, 0.3) is 10.9 Å². The number of carbonyl (C=O) groups excluding carboxylic acids is 1. The number of benzene rings is 2. The minimum Gasteiger partial charge on any atom is -0.294 e. The number of ketones is 1. The molecule has 2 aromatic carbocycles. The minimum atomic E-state index is 0.141. The molecule has 0 unspecified atom stereocenters. The molecule has 0 aliphatic rings. The lowest BCUT2D eigenvalue weighted by Crippen LogP contribution is -2.06. The van der Waals surface area contributed by atoms with Crippen molar-refractivity contribution < 1.29 is 4.79 Å². The van der Waals surface area contributed by atoms with Crippen LogP contribution in [0.5, 0.6) is 0 Å². The van der Waals surface area contributed by atoms with Gasteiger partial charge in [0.05, 0.1) is 5.52 Å². The van der Waals surface area contributed by atoms with Gasteiger partial charge in [-0.05, 0) is 37.1 Å². The summed E-state index contributed by atoms with van der Waals surface area (Å²) in [6, 6.07) is 15.8. The second-order valence-corrected chi connectivity index (χ2v) is 5.41. The monoisotopic (exact) mass is 275 g/mol. The van der Waals surface area contributed by atoms with Gasteiger partial charge in [-0.2, -0.15) is 0 Å². The molecular formula is C19H17NO. The van der Waals surface area contributed by atoms with E-state index in [2.05, 4.69) is 30.1 Å². The molecule has 0 spiro atoms. The van der Waals surface area contributed by atoms with Crippen LogP contribution in [0.1, 0.15) is 27.0 Å². The van der Waals surface area contributed by atoms with E-state index in [-0.39, 0.29) is 5.78 Å². The summed E-state index contributed by atoms with van der Waals surface area (Å²) in [6.07, 6.45) is 2.14. The number of carbonyl (C=O) groups is 1. The molecule has 104 valence electrons. The van der Waals surface area contributed by atoms with Crippen molar-refractivity contribution in [2.75, 3.05) is 0 Å². The zero-order valence-electron chi connectivity index (χ0n) is 12.3. The maximum Gasteiger partial charge on any atom is 0.167 e. The summed E-state index contributed by atoms with van der Waals surface area (Å²) in [5.41, 5.74) is 5.06. The Morgan fingerprint density at radius 3 is 2.71 bits per heavy atom. The third kappa shape index (κ3) is 2.70. The molecule has 1 aromatic heterocycles. The van der Waals surface area contributed by atoms with Gasteiger partial charge < -0.3 is 0 Å². The van der Waals surface area contributed by atoms with Crippen LogP contribution in [0.4, 0.5) is 0 Å². The van der Waals surface area contributed by atoms with Crippen LogP contribution in [-0.4, -0.2) is 10.8 Å². The molecule has 0 bridgehead atoms. The van der Waals surface area contributed by atoms with Gasteiger partial charge in [0.1, 0.15) is 0 Å².